The predicted octanol–water partition coefficient (Wildman–Crippen LogP) is 1.83. The maximum absolute atomic E-state index is 5.72. The molecule has 18 heavy (non-hydrogen) atoms. The zero-order valence-corrected chi connectivity index (χ0v) is 11.2. The third-order valence-corrected chi connectivity index (χ3v) is 3.39. The molecule has 1 aliphatic heterocycles. The van der Waals surface area contributed by atoms with Crippen LogP contribution in [-0.4, -0.2) is 31.7 Å². The van der Waals surface area contributed by atoms with Crippen LogP contribution >= 0.6 is 0 Å². The van der Waals surface area contributed by atoms with E-state index in [9.17, 15) is 0 Å². The average Bonchev–Trinajstić information content (AvgIpc) is 2.72. The summed E-state index contributed by atoms with van der Waals surface area (Å²) in [6.45, 7) is 6.16. The summed E-state index contributed by atoms with van der Waals surface area (Å²) in [6, 6.07) is 2.07. The van der Waals surface area contributed by atoms with E-state index in [0.717, 1.165) is 49.7 Å². The lowest BCUT2D eigenvalue weighted by Crippen LogP contribution is -2.28. The molecule has 1 aromatic rings. The van der Waals surface area contributed by atoms with E-state index in [1.165, 1.54) is 5.57 Å². The summed E-state index contributed by atoms with van der Waals surface area (Å²) in [4.78, 5) is 2.37. The second-order valence-electron chi connectivity index (χ2n) is 4.78. The summed E-state index contributed by atoms with van der Waals surface area (Å²) < 4.78 is 10.9. The van der Waals surface area contributed by atoms with Gasteiger partial charge in [0.2, 0.25) is 0 Å². The van der Waals surface area contributed by atoms with Crippen LogP contribution in [0.15, 0.2) is 22.1 Å². The third kappa shape index (κ3) is 3.22. The maximum atomic E-state index is 5.72. The topological polar surface area (TPSA) is 51.6 Å². The molecule has 4 nitrogen and oxygen atoms in total. The molecule has 0 bridgehead atoms. The number of hydrogen-bond acceptors (Lipinski definition) is 4. The van der Waals surface area contributed by atoms with Gasteiger partial charge in [-0.25, -0.2) is 0 Å². The van der Waals surface area contributed by atoms with Crippen molar-refractivity contribution in [2.75, 3.05) is 26.8 Å². The minimum atomic E-state index is 0.549. The first-order chi connectivity index (χ1) is 8.72. The van der Waals surface area contributed by atoms with Gasteiger partial charge in [-0.1, -0.05) is 6.08 Å². The predicted molar refractivity (Wildman–Crippen MR) is 71.2 cm³/mol. The number of rotatable bonds is 5. The molecule has 0 fully saturated rings. The van der Waals surface area contributed by atoms with Crippen LogP contribution in [0.4, 0.5) is 0 Å². The van der Waals surface area contributed by atoms with E-state index in [4.69, 9.17) is 14.9 Å². The molecular weight excluding hydrogens is 228 g/mol. The highest BCUT2D eigenvalue weighted by Gasteiger charge is 2.14. The van der Waals surface area contributed by atoms with Crippen LogP contribution in [0.25, 0.3) is 0 Å². The van der Waals surface area contributed by atoms with Crippen molar-refractivity contribution in [3.8, 4) is 0 Å². The number of ether oxygens (including phenoxy) is 1. The summed E-state index contributed by atoms with van der Waals surface area (Å²) in [6.07, 6.45) is 3.34. The van der Waals surface area contributed by atoms with Crippen molar-refractivity contribution in [3.63, 3.8) is 0 Å². The molecule has 4 heteroatoms. The first-order valence-electron chi connectivity index (χ1n) is 6.40. The number of nitrogens with two attached hydrogens (primary N) is 1. The fraction of sp³-hybridized carbons (Fsp3) is 0.571. The first-order valence-corrected chi connectivity index (χ1v) is 6.40. The SMILES string of the molecule is COCC1=CCN(Cc2cc(CN)c(C)o2)CC1. The minimum Gasteiger partial charge on any atom is -0.465 e. The van der Waals surface area contributed by atoms with Crippen LogP contribution in [0.1, 0.15) is 23.5 Å². The Kier molecular flexibility index (Phi) is 4.58. The Morgan fingerprint density at radius 2 is 2.33 bits per heavy atom. The molecule has 2 N–H and O–H groups in total. The lowest BCUT2D eigenvalue weighted by Gasteiger charge is -2.25. The zero-order chi connectivity index (χ0) is 13.0. The highest BCUT2D eigenvalue weighted by Crippen LogP contribution is 2.18. The fourth-order valence-corrected chi connectivity index (χ4v) is 2.30. The smallest absolute Gasteiger partial charge is 0.118 e. The van der Waals surface area contributed by atoms with Gasteiger partial charge in [-0.15, -0.1) is 0 Å². The van der Waals surface area contributed by atoms with Gasteiger partial charge in [0, 0.05) is 32.3 Å². The van der Waals surface area contributed by atoms with Crippen LogP contribution in [0, 0.1) is 6.92 Å². The molecule has 0 radical (unpaired) electrons. The van der Waals surface area contributed by atoms with Crippen LogP contribution in [0.3, 0.4) is 0 Å². The molecule has 0 atom stereocenters. The molecule has 0 unspecified atom stereocenters. The molecule has 0 amide bonds. The maximum Gasteiger partial charge on any atom is 0.118 e. The van der Waals surface area contributed by atoms with Crippen molar-refractivity contribution in [1.29, 1.82) is 0 Å². The monoisotopic (exact) mass is 250 g/mol. The molecule has 0 aliphatic carbocycles. The van der Waals surface area contributed by atoms with Crippen molar-refractivity contribution in [2.24, 2.45) is 5.73 Å². The summed E-state index contributed by atoms with van der Waals surface area (Å²) in [5, 5.41) is 0. The summed E-state index contributed by atoms with van der Waals surface area (Å²) in [7, 11) is 1.74. The van der Waals surface area contributed by atoms with Gasteiger partial charge in [0.25, 0.3) is 0 Å². The van der Waals surface area contributed by atoms with Crippen molar-refractivity contribution in [1.82, 2.24) is 4.90 Å². The molecule has 1 aromatic heterocycles. The number of furan rings is 1. The quantitative estimate of drug-likeness (QED) is 0.810. The van der Waals surface area contributed by atoms with E-state index in [-0.39, 0.29) is 0 Å². The number of methoxy groups -OCH3 is 1. The first kappa shape index (κ1) is 13.3. The molecule has 0 spiro atoms. The van der Waals surface area contributed by atoms with Crippen LogP contribution in [-0.2, 0) is 17.8 Å². The van der Waals surface area contributed by atoms with Crippen LogP contribution in [0.5, 0.6) is 0 Å². The Balaban J connectivity index is 1.91. The molecule has 0 saturated heterocycles. The third-order valence-electron chi connectivity index (χ3n) is 3.39. The second kappa shape index (κ2) is 6.18. The normalized spacial score (nSPS) is 16.9. The van der Waals surface area contributed by atoms with Crippen molar-refractivity contribution in [3.05, 3.63) is 34.8 Å². The van der Waals surface area contributed by atoms with Crippen LogP contribution in [0.2, 0.25) is 0 Å². The van der Waals surface area contributed by atoms with E-state index < -0.39 is 0 Å². The minimum absolute atomic E-state index is 0.549. The van der Waals surface area contributed by atoms with Gasteiger partial charge in [-0.3, -0.25) is 4.90 Å². The van der Waals surface area contributed by atoms with Gasteiger partial charge in [0.15, 0.2) is 0 Å². The second-order valence-corrected chi connectivity index (χ2v) is 4.78. The van der Waals surface area contributed by atoms with Crippen molar-refractivity contribution in [2.45, 2.75) is 26.4 Å². The highest BCUT2D eigenvalue weighted by molar-refractivity contribution is 5.20. The Bertz CT molecular complexity index is 423. The van der Waals surface area contributed by atoms with Gasteiger partial charge in [0.1, 0.15) is 11.5 Å². The Labute approximate surface area is 108 Å². The Hall–Kier alpha value is -1.10. The number of nitrogens with zero attached hydrogens (tertiary/aromatic N) is 1. The molecule has 0 saturated carbocycles. The van der Waals surface area contributed by atoms with E-state index in [1.54, 1.807) is 7.11 Å². The highest BCUT2D eigenvalue weighted by atomic mass is 16.5. The van der Waals surface area contributed by atoms with E-state index in [0.29, 0.717) is 6.54 Å². The van der Waals surface area contributed by atoms with E-state index in [1.807, 2.05) is 6.92 Å². The molecular formula is C14H22N2O2. The van der Waals surface area contributed by atoms with Gasteiger partial charge < -0.3 is 14.9 Å². The van der Waals surface area contributed by atoms with Crippen molar-refractivity contribution >= 4 is 0 Å². The lowest BCUT2D eigenvalue weighted by molar-refractivity contribution is 0.206. The standard InChI is InChI=1S/C14H22N2O2/c1-11-13(8-15)7-14(18-11)9-16-5-3-12(4-6-16)10-17-2/h3,7H,4-6,8-10,15H2,1-2H3. The lowest BCUT2D eigenvalue weighted by atomic mass is 10.1. The number of aryl methyl sites for hydroxylation is 1. The summed E-state index contributed by atoms with van der Waals surface area (Å²) in [5.74, 6) is 1.96. The van der Waals surface area contributed by atoms with E-state index >= 15 is 0 Å². The molecule has 2 rings (SSSR count). The molecule has 2 heterocycles. The largest absolute Gasteiger partial charge is 0.465 e. The Morgan fingerprint density at radius 3 is 2.89 bits per heavy atom. The van der Waals surface area contributed by atoms with Crippen molar-refractivity contribution < 1.29 is 9.15 Å². The van der Waals surface area contributed by atoms with Gasteiger partial charge in [-0.05, 0) is 25.0 Å². The van der Waals surface area contributed by atoms with Gasteiger partial charge in [-0.2, -0.15) is 0 Å². The van der Waals surface area contributed by atoms with Gasteiger partial charge >= 0.3 is 0 Å². The zero-order valence-electron chi connectivity index (χ0n) is 11.2. The molecule has 1 aliphatic rings. The average molecular weight is 250 g/mol. The van der Waals surface area contributed by atoms with E-state index in [2.05, 4.69) is 17.0 Å². The molecule has 100 valence electrons. The summed E-state index contributed by atoms with van der Waals surface area (Å²) >= 11 is 0. The number of hydrogen-bond donors (Lipinski definition) is 1. The summed E-state index contributed by atoms with van der Waals surface area (Å²) in [5.41, 5.74) is 8.16. The van der Waals surface area contributed by atoms with Crippen LogP contribution < -0.4 is 5.73 Å². The fourth-order valence-electron chi connectivity index (χ4n) is 2.30. The Morgan fingerprint density at radius 1 is 1.50 bits per heavy atom. The molecule has 0 aromatic carbocycles. The van der Waals surface area contributed by atoms with Gasteiger partial charge in [0.05, 0.1) is 13.2 Å².